The number of carbonyl (C=O) groups is 1. The van der Waals surface area contributed by atoms with E-state index in [0.717, 1.165) is 17.5 Å². The van der Waals surface area contributed by atoms with Crippen molar-refractivity contribution in [1.82, 2.24) is 9.62 Å². The Morgan fingerprint density at radius 2 is 1.74 bits per heavy atom. The molecule has 5 rings (SSSR count). The summed E-state index contributed by atoms with van der Waals surface area (Å²) in [6.07, 6.45) is 1.78. The predicted molar refractivity (Wildman–Crippen MR) is 131 cm³/mol. The first-order valence-corrected chi connectivity index (χ1v) is 12.9. The van der Waals surface area contributed by atoms with Gasteiger partial charge in [-0.3, -0.25) is 4.79 Å². The number of sulfonamides is 1. The molecule has 1 fully saturated rings. The second kappa shape index (κ2) is 9.64. The Labute approximate surface area is 203 Å². The molecule has 0 aliphatic carbocycles. The zero-order valence-corrected chi connectivity index (χ0v) is 19.8. The zero-order valence-electron chi connectivity index (χ0n) is 19.0. The Balaban J connectivity index is 1.27. The highest BCUT2D eigenvalue weighted by atomic mass is 32.2. The van der Waals surface area contributed by atoms with Crippen molar-refractivity contribution in [3.63, 3.8) is 0 Å². The van der Waals surface area contributed by atoms with Gasteiger partial charge in [0.2, 0.25) is 11.0 Å². The minimum Gasteiger partial charge on any atom is -0.443 e. The number of nitrogens with zero attached hydrogens (tertiary/aromatic N) is 1. The second-order valence-corrected chi connectivity index (χ2v) is 10.5. The van der Waals surface area contributed by atoms with Gasteiger partial charge in [-0.05, 0) is 54.2 Å². The number of amides is 1. The van der Waals surface area contributed by atoms with E-state index in [4.69, 9.17) is 4.42 Å². The van der Waals surface area contributed by atoms with E-state index in [1.54, 1.807) is 0 Å². The standard InChI is InChI=1S/C27H25FN2O4S/c28-23-11-12-25-22(16-23)17-26(34-25)35(32,33)30-13-5-10-24(30)27(31)29-18-21-9-4-8-20(15-21)14-19-6-2-1-3-7-19/h1-4,6-9,11-12,15-17,24H,5,10,13-14,18H2,(H,29,31)/t24-/m0/s1. The molecule has 1 saturated heterocycles. The molecule has 4 aromatic rings. The molecule has 1 N–H and O–H groups in total. The molecule has 0 bridgehead atoms. The molecule has 1 aliphatic rings. The van der Waals surface area contributed by atoms with Crippen LogP contribution in [0.5, 0.6) is 0 Å². The van der Waals surface area contributed by atoms with Gasteiger partial charge >= 0.3 is 0 Å². The molecular formula is C27H25FN2O4S. The van der Waals surface area contributed by atoms with Gasteiger partial charge < -0.3 is 9.73 Å². The zero-order chi connectivity index (χ0) is 24.4. The van der Waals surface area contributed by atoms with Gasteiger partial charge in [0.05, 0.1) is 0 Å². The largest absolute Gasteiger partial charge is 0.443 e. The van der Waals surface area contributed by atoms with Crippen LogP contribution in [-0.4, -0.2) is 31.2 Å². The van der Waals surface area contributed by atoms with Crippen LogP contribution in [0.2, 0.25) is 0 Å². The van der Waals surface area contributed by atoms with Gasteiger partial charge in [-0.15, -0.1) is 0 Å². The molecular weight excluding hydrogens is 467 g/mol. The van der Waals surface area contributed by atoms with Gasteiger partial charge in [-0.25, -0.2) is 12.8 Å². The number of nitrogens with one attached hydrogen (secondary N) is 1. The van der Waals surface area contributed by atoms with E-state index in [2.05, 4.69) is 17.4 Å². The maximum atomic E-state index is 13.5. The van der Waals surface area contributed by atoms with Gasteiger partial charge in [0.1, 0.15) is 17.4 Å². The summed E-state index contributed by atoms with van der Waals surface area (Å²) >= 11 is 0. The Morgan fingerprint density at radius 1 is 0.971 bits per heavy atom. The summed E-state index contributed by atoms with van der Waals surface area (Å²) in [7, 11) is -4.05. The fraction of sp³-hybridized carbons (Fsp3) is 0.222. The van der Waals surface area contributed by atoms with Crippen molar-refractivity contribution in [2.45, 2.75) is 36.9 Å². The molecule has 6 nitrogen and oxygen atoms in total. The van der Waals surface area contributed by atoms with Gasteiger partial charge in [0, 0.05) is 24.5 Å². The number of carbonyl (C=O) groups excluding carboxylic acids is 1. The molecule has 1 aliphatic heterocycles. The van der Waals surface area contributed by atoms with Crippen molar-refractivity contribution >= 4 is 26.9 Å². The average molecular weight is 493 g/mol. The summed E-state index contributed by atoms with van der Waals surface area (Å²) in [4.78, 5) is 13.0. The number of halogens is 1. The van der Waals surface area contributed by atoms with Crippen LogP contribution in [0.15, 0.2) is 88.4 Å². The van der Waals surface area contributed by atoms with Crippen LogP contribution in [0.4, 0.5) is 4.39 Å². The number of fused-ring (bicyclic) bond motifs is 1. The monoisotopic (exact) mass is 492 g/mol. The second-order valence-electron chi connectivity index (χ2n) is 8.72. The molecule has 1 aromatic heterocycles. The molecule has 1 atom stereocenters. The molecule has 8 heteroatoms. The Bertz CT molecular complexity index is 1470. The van der Waals surface area contributed by atoms with E-state index >= 15 is 0 Å². The van der Waals surface area contributed by atoms with Crippen molar-refractivity contribution in [1.29, 1.82) is 0 Å². The van der Waals surface area contributed by atoms with Crippen LogP contribution in [0.3, 0.4) is 0 Å². The summed E-state index contributed by atoms with van der Waals surface area (Å²) in [5.74, 6) is -0.824. The van der Waals surface area contributed by atoms with Gasteiger partial charge in [0.25, 0.3) is 10.0 Å². The van der Waals surface area contributed by atoms with Crippen molar-refractivity contribution in [2.75, 3.05) is 6.54 Å². The predicted octanol–water partition coefficient (Wildman–Crippen LogP) is 4.63. The minimum atomic E-state index is -4.05. The fourth-order valence-corrected chi connectivity index (χ4v) is 6.12. The summed E-state index contributed by atoms with van der Waals surface area (Å²) in [6, 6.07) is 22.4. The molecule has 180 valence electrons. The lowest BCUT2D eigenvalue weighted by molar-refractivity contribution is -0.124. The molecule has 2 heterocycles. The molecule has 0 spiro atoms. The highest BCUT2D eigenvalue weighted by molar-refractivity contribution is 7.89. The van der Waals surface area contributed by atoms with Crippen LogP contribution >= 0.6 is 0 Å². The average Bonchev–Trinajstić information content (AvgIpc) is 3.51. The number of rotatable bonds is 7. The van der Waals surface area contributed by atoms with E-state index in [9.17, 15) is 17.6 Å². The van der Waals surface area contributed by atoms with Crippen LogP contribution in [0, 0.1) is 5.82 Å². The van der Waals surface area contributed by atoms with E-state index in [1.807, 2.05) is 42.5 Å². The lowest BCUT2D eigenvalue weighted by Crippen LogP contribution is -2.45. The van der Waals surface area contributed by atoms with Crippen molar-refractivity contribution < 1.29 is 22.0 Å². The van der Waals surface area contributed by atoms with E-state index < -0.39 is 21.9 Å². The van der Waals surface area contributed by atoms with Crippen molar-refractivity contribution in [3.8, 4) is 0 Å². The molecule has 1 amide bonds. The first-order chi connectivity index (χ1) is 16.9. The lowest BCUT2D eigenvalue weighted by atomic mass is 10.0. The van der Waals surface area contributed by atoms with E-state index in [1.165, 1.54) is 34.1 Å². The molecule has 0 unspecified atom stereocenters. The quantitative estimate of drug-likeness (QED) is 0.408. The third-order valence-corrected chi connectivity index (χ3v) is 8.00. The maximum Gasteiger partial charge on any atom is 0.277 e. The van der Waals surface area contributed by atoms with Gasteiger partial charge in [0.15, 0.2) is 0 Å². The number of hydrogen-bond acceptors (Lipinski definition) is 4. The van der Waals surface area contributed by atoms with Crippen molar-refractivity contribution in [2.24, 2.45) is 0 Å². The molecule has 0 saturated carbocycles. The third kappa shape index (κ3) is 4.99. The highest BCUT2D eigenvalue weighted by Crippen LogP contribution is 2.30. The number of hydrogen-bond donors (Lipinski definition) is 1. The topological polar surface area (TPSA) is 79.6 Å². The first kappa shape index (κ1) is 23.3. The summed E-state index contributed by atoms with van der Waals surface area (Å²) in [5, 5.41) is 2.97. The van der Waals surface area contributed by atoms with Crippen molar-refractivity contribution in [3.05, 3.63) is 101 Å². The van der Waals surface area contributed by atoms with Gasteiger partial charge in [-0.2, -0.15) is 4.31 Å². The van der Waals surface area contributed by atoms with Crippen LogP contribution in [-0.2, 0) is 27.8 Å². The number of benzene rings is 3. The normalized spacial score (nSPS) is 16.5. The highest BCUT2D eigenvalue weighted by Gasteiger charge is 2.41. The fourth-order valence-electron chi connectivity index (χ4n) is 4.51. The molecule has 35 heavy (non-hydrogen) atoms. The smallest absolute Gasteiger partial charge is 0.277 e. The first-order valence-electron chi connectivity index (χ1n) is 11.5. The SMILES string of the molecule is O=C(NCc1cccc(Cc2ccccc2)c1)[C@@H]1CCCN1S(=O)(=O)c1cc2cc(F)ccc2o1. The number of furan rings is 1. The molecule has 0 radical (unpaired) electrons. The van der Waals surface area contributed by atoms with Crippen LogP contribution in [0.1, 0.15) is 29.5 Å². The maximum absolute atomic E-state index is 13.5. The third-order valence-electron chi connectivity index (χ3n) is 6.23. The summed E-state index contributed by atoms with van der Waals surface area (Å²) < 4.78 is 46.7. The molecule has 3 aromatic carbocycles. The van der Waals surface area contributed by atoms with E-state index in [0.29, 0.717) is 24.8 Å². The lowest BCUT2D eigenvalue weighted by Gasteiger charge is -2.22. The van der Waals surface area contributed by atoms with E-state index in [-0.39, 0.29) is 23.1 Å². The summed E-state index contributed by atoms with van der Waals surface area (Å²) in [5.41, 5.74) is 3.56. The minimum absolute atomic E-state index is 0.221. The van der Waals surface area contributed by atoms with Gasteiger partial charge in [-0.1, -0.05) is 54.6 Å². The van der Waals surface area contributed by atoms with Crippen LogP contribution in [0.25, 0.3) is 11.0 Å². The van der Waals surface area contributed by atoms with Crippen LogP contribution < -0.4 is 5.32 Å². The summed E-state index contributed by atoms with van der Waals surface area (Å²) in [6.45, 7) is 0.522. The Hall–Kier alpha value is -3.49. The Morgan fingerprint density at radius 3 is 2.57 bits per heavy atom. The Kier molecular flexibility index (Phi) is 6.40.